The van der Waals surface area contributed by atoms with Crippen LogP contribution in [0.4, 0.5) is 0 Å². The van der Waals surface area contributed by atoms with Crippen molar-refractivity contribution in [3.05, 3.63) is 29.3 Å². The highest BCUT2D eigenvalue weighted by Crippen LogP contribution is 2.27. The highest BCUT2D eigenvalue weighted by atomic mass is 35.5. The van der Waals surface area contributed by atoms with Gasteiger partial charge in [0.1, 0.15) is 0 Å². The van der Waals surface area contributed by atoms with Crippen LogP contribution in [0.15, 0.2) is 29.2 Å². The summed E-state index contributed by atoms with van der Waals surface area (Å²) in [7, 11) is 0. The summed E-state index contributed by atoms with van der Waals surface area (Å²) >= 11 is 7.78. The smallest absolute Gasteiger partial charge is 0.0963 e. The van der Waals surface area contributed by atoms with Gasteiger partial charge in [0.2, 0.25) is 0 Å². The van der Waals surface area contributed by atoms with Crippen LogP contribution in [0.1, 0.15) is 19.3 Å². The number of hydrogen-bond donors (Lipinski definition) is 1. The first-order valence-electron chi connectivity index (χ1n) is 5.82. The van der Waals surface area contributed by atoms with Crippen LogP contribution in [0, 0.1) is 11.3 Å². The molecular weight excluding hydrogens is 252 g/mol. The highest BCUT2D eigenvalue weighted by molar-refractivity contribution is 7.99. The predicted molar refractivity (Wildman–Crippen MR) is 72.4 cm³/mol. The van der Waals surface area contributed by atoms with Crippen LogP contribution in [0.25, 0.3) is 0 Å². The van der Waals surface area contributed by atoms with E-state index in [-0.39, 0.29) is 6.04 Å². The molecule has 0 aromatic heterocycles. The summed E-state index contributed by atoms with van der Waals surface area (Å²) in [6.45, 7) is 0. The van der Waals surface area contributed by atoms with Gasteiger partial charge in [-0.25, -0.2) is 0 Å². The molecular formula is C13H15ClN2S. The van der Waals surface area contributed by atoms with E-state index in [2.05, 4.69) is 11.4 Å². The number of thioether (sulfide) groups is 1. The molecule has 90 valence electrons. The second kappa shape index (κ2) is 6.30. The molecule has 0 bridgehead atoms. The number of rotatable bonds is 6. The van der Waals surface area contributed by atoms with Gasteiger partial charge in [-0.3, -0.25) is 5.32 Å². The van der Waals surface area contributed by atoms with Gasteiger partial charge in [-0.05, 0) is 31.4 Å². The number of benzene rings is 1. The third kappa shape index (κ3) is 4.23. The Morgan fingerprint density at radius 3 is 2.88 bits per heavy atom. The van der Waals surface area contributed by atoms with Crippen molar-refractivity contribution in [2.45, 2.75) is 36.2 Å². The van der Waals surface area contributed by atoms with E-state index in [1.165, 1.54) is 12.8 Å². The first kappa shape index (κ1) is 12.8. The number of nitrogens with zero attached hydrogens (tertiary/aromatic N) is 1. The molecule has 17 heavy (non-hydrogen) atoms. The van der Waals surface area contributed by atoms with Crippen molar-refractivity contribution in [1.29, 1.82) is 5.26 Å². The monoisotopic (exact) mass is 266 g/mol. The molecule has 1 aliphatic carbocycles. The molecule has 0 saturated heterocycles. The maximum atomic E-state index is 9.01. The first-order valence-corrected chi connectivity index (χ1v) is 7.19. The van der Waals surface area contributed by atoms with Crippen LogP contribution < -0.4 is 5.32 Å². The molecule has 4 heteroatoms. The zero-order valence-corrected chi connectivity index (χ0v) is 11.1. The fourth-order valence-corrected chi connectivity index (χ4v) is 2.82. The molecule has 1 fully saturated rings. The van der Waals surface area contributed by atoms with Crippen molar-refractivity contribution >= 4 is 23.4 Å². The SMILES string of the molecule is N#CC(CCSc1ccccc1Cl)NC1CC1. The fourth-order valence-electron chi connectivity index (χ4n) is 1.57. The maximum Gasteiger partial charge on any atom is 0.0963 e. The Hall–Kier alpha value is -0.690. The summed E-state index contributed by atoms with van der Waals surface area (Å²) in [6, 6.07) is 10.7. The van der Waals surface area contributed by atoms with Crippen molar-refractivity contribution < 1.29 is 0 Å². The van der Waals surface area contributed by atoms with Crippen molar-refractivity contribution in [3.63, 3.8) is 0 Å². The van der Waals surface area contributed by atoms with Crippen molar-refractivity contribution in [3.8, 4) is 6.07 Å². The molecule has 1 unspecified atom stereocenters. The standard InChI is InChI=1S/C13H15ClN2S/c14-12-3-1-2-4-13(12)17-8-7-11(9-15)16-10-5-6-10/h1-4,10-11,16H,5-8H2. The minimum absolute atomic E-state index is 0.0162. The molecule has 1 aliphatic rings. The summed E-state index contributed by atoms with van der Waals surface area (Å²) in [4.78, 5) is 1.09. The van der Waals surface area contributed by atoms with Gasteiger partial charge in [0.25, 0.3) is 0 Å². The minimum Gasteiger partial charge on any atom is -0.299 e. The largest absolute Gasteiger partial charge is 0.299 e. The van der Waals surface area contributed by atoms with Crippen molar-refractivity contribution in [2.24, 2.45) is 0 Å². The van der Waals surface area contributed by atoms with Gasteiger partial charge in [0, 0.05) is 16.7 Å². The lowest BCUT2D eigenvalue weighted by Crippen LogP contribution is -2.29. The fraction of sp³-hybridized carbons (Fsp3) is 0.462. The number of nitrogens with one attached hydrogen (secondary N) is 1. The average Bonchev–Trinajstić information content (AvgIpc) is 3.14. The van der Waals surface area contributed by atoms with E-state index in [9.17, 15) is 0 Å². The van der Waals surface area contributed by atoms with E-state index in [1.807, 2.05) is 24.3 Å². The van der Waals surface area contributed by atoms with Crippen LogP contribution in [-0.2, 0) is 0 Å². The van der Waals surface area contributed by atoms with Crippen LogP contribution >= 0.6 is 23.4 Å². The topological polar surface area (TPSA) is 35.8 Å². The van der Waals surface area contributed by atoms with Gasteiger partial charge in [-0.2, -0.15) is 5.26 Å². The Morgan fingerprint density at radius 2 is 2.24 bits per heavy atom. The Bertz CT molecular complexity index is 412. The van der Waals surface area contributed by atoms with Crippen LogP contribution in [0.3, 0.4) is 0 Å². The van der Waals surface area contributed by atoms with Gasteiger partial charge < -0.3 is 0 Å². The Labute approximate surface area is 111 Å². The zero-order chi connectivity index (χ0) is 12.1. The Balaban J connectivity index is 1.74. The Morgan fingerprint density at radius 1 is 1.47 bits per heavy atom. The molecule has 0 heterocycles. The van der Waals surface area contributed by atoms with Gasteiger partial charge in [0.05, 0.1) is 17.1 Å². The lowest BCUT2D eigenvalue weighted by Gasteiger charge is -2.10. The number of halogens is 1. The van der Waals surface area contributed by atoms with Gasteiger partial charge in [0.15, 0.2) is 0 Å². The van der Waals surface area contributed by atoms with Gasteiger partial charge in [-0.1, -0.05) is 23.7 Å². The molecule has 0 radical (unpaired) electrons. The maximum absolute atomic E-state index is 9.01. The lowest BCUT2D eigenvalue weighted by atomic mass is 10.2. The van der Waals surface area contributed by atoms with Crippen LogP contribution in [0.2, 0.25) is 5.02 Å². The summed E-state index contributed by atoms with van der Waals surface area (Å²) in [5, 5.41) is 13.1. The summed E-state index contributed by atoms with van der Waals surface area (Å²) in [5.74, 6) is 0.918. The Kier molecular flexibility index (Phi) is 4.73. The quantitative estimate of drug-likeness (QED) is 0.801. The predicted octanol–water partition coefficient (Wildman–Crippen LogP) is 3.47. The zero-order valence-electron chi connectivity index (χ0n) is 9.53. The van der Waals surface area contributed by atoms with E-state index in [0.717, 1.165) is 22.1 Å². The number of nitriles is 1. The highest BCUT2D eigenvalue weighted by Gasteiger charge is 2.24. The molecule has 1 saturated carbocycles. The summed E-state index contributed by atoms with van der Waals surface area (Å²) in [5.41, 5.74) is 0. The van der Waals surface area contributed by atoms with Crippen molar-refractivity contribution in [1.82, 2.24) is 5.32 Å². The van der Waals surface area contributed by atoms with E-state index in [0.29, 0.717) is 6.04 Å². The molecule has 0 amide bonds. The molecule has 1 aromatic rings. The second-order valence-electron chi connectivity index (χ2n) is 4.19. The van der Waals surface area contributed by atoms with E-state index in [4.69, 9.17) is 16.9 Å². The van der Waals surface area contributed by atoms with Gasteiger partial charge in [-0.15, -0.1) is 11.8 Å². The van der Waals surface area contributed by atoms with E-state index >= 15 is 0 Å². The first-order chi connectivity index (χ1) is 8.29. The number of hydrogen-bond acceptors (Lipinski definition) is 3. The van der Waals surface area contributed by atoms with Crippen LogP contribution in [-0.4, -0.2) is 17.8 Å². The third-order valence-corrected chi connectivity index (χ3v) is 4.22. The van der Waals surface area contributed by atoms with Gasteiger partial charge >= 0.3 is 0 Å². The molecule has 2 rings (SSSR count). The summed E-state index contributed by atoms with van der Waals surface area (Å²) < 4.78 is 0. The normalized spacial score (nSPS) is 16.5. The lowest BCUT2D eigenvalue weighted by molar-refractivity contribution is 0.587. The molecule has 2 nitrogen and oxygen atoms in total. The third-order valence-electron chi connectivity index (χ3n) is 2.67. The average molecular weight is 267 g/mol. The molecule has 1 atom stereocenters. The second-order valence-corrected chi connectivity index (χ2v) is 5.73. The van der Waals surface area contributed by atoms with Crippen molar-refractivity contribution in [2.75, 3.05) is 5.75 Å². The molecule has 1 N–H and O–H groups in total. The van der Waals surface area contributed by atoms with E-state index in [1.54, 1.807) is 11.8 Å². The summed E-state index contributed by atoms with van der Waals surface area (Å²) in [6.07, 6.45) is 3.30. The molecule has 1 aromatic carbocycles. The van der Waals surface area contributed by atoms with Crippen LogP contribution in [0.5, 0.6) is 0 Å². The van der Waals surface area contributed by atoms with E-state index < -0.39 is 0 Å². The minimum atomic E-state index is -0.0162. The molecule has 0 spiro atoms. The molecule has 0 aliphatic heterocycles.